The van der Waals surface area contributed by atoms with Crippen molar-refractivity contribution in [3.63, 3.8) is 0 Å². The lowest BCUT2D eigenvalue weighted by molar-refractivity contribution is 0.0902. The quantitative estimate of drug-likeness (QED) is 0.781. The molecule has 2 fully saturated rings. The first-order valence-electron chi connectivity index (χ1n) is 5.32. The van der Waals surface area contributed by atoms with Gasteiger partial charge in [-0.2, -0.15) is 0 Å². The van der Waals surface area contributed by atoms with Crippen LogP contribution in [-0.4, -0.2) is 30.3 Å². The minimum absolute atomic E-state index is 0.539. The van der Waals surface area contributed by atoms with E-state index in [9.17, 15) is 0 Å². The van der Waals surface area contributed by atoms with Crippen LogP contribution >= 0.6 is 15.9 Å². The van der Waals surface area contributed by atoms with E-state index in [1.165, 1.54) is 12.8 Å². The molecule has 3 heterocycles. The van der Waals surface area contributed by atoms with Crippen LogP contribution in [0.1, 0.15) is 12.8 Å². The van der Waals surface area contributed by atoms with E-state index >= 15 is 0 Å². The summed E-state index contributed by atoms with van der Waals surface area (Å²) in [6.07, 6.45) is 4.34. The molecular formula is C11H13BrN2O. The molecule has 0 aliphatic carbocycles. The van der Waals surface area contributed by atoms with E-state index in [1.54, 1.807) is 0 Å². The van der Waals surface area contributed by atoms with Crippen LogP contribution in [0, 0.1) is 0 Å². The second kappa shape index (κ2) is 3.76. The molecule has 80 valence electrons. The van der Waals surface area contributed by atoms with Crippen LogP contribution in [0.2, 0.25) is 0 Å². The van der Waals surface area contributed by atoms with Crippen LogP contribution in [0.3, 0.4) is 0 Å². The van der Waals surface area contributed by atoms with E-state index in [0.717, 1.165) is 23.5 Å². The van der Waals surface area contributed by atoms with Crippen LogP contribution < -0.4 is 4.90 Å². The van der Waals surface area contributed by atoms with Gasteiger partial charge in [-0.3, -0.25) is 0 Å². The average molecular weight is 269 g/mol. The number of morpholine rings is 1. The molecule has 1 aromatic rings. The Morgan fingerprint density at radius 3 is 2.60 bits per heavy atom. The third-order valence-corrected chi connectivity index (χ3v) is 3.69. The molecule has 2 saturated heterocycles. The van der Waals surface area contributed by atoms with Crippen molar-refractivity contribution in [2.45, 2.75) is 24.9 Å². The minimum atomic E-state index is 0.539. The van der Waals surface area contributed by atoms with E-state index < -0.39 is 0 Å². The summed E-state index contributed by atoms with van der Waals surface area (Å²) in [5.41, 5.74) is 0. The highest BCUT2D eigenvalue weighted by molar-refractivity contribution is 9.10. The van der Waals surface area contributed by atoms with Gasteiger partial charge < -0.3 is 9.64 Å². The van der Waals surface area contributed by atoms with Crippen molar-refractivity contribution < 1.29 is 4.74 Å². The molecule has 15 heavy (non-hydrogen) atoms. The monoisotopic (exact) mass is 268 g/mol. The fourth-order valence-corrected chi connectivity index (χ4v) is 2.76. The molecule has 2 aliphatic heterocycles. The smallest absolute Gasteiger partial charge is 0.129 e. The molecule has 0 radical (unpaired) electrons. The maximum atomic E-state index is 5.55. The third-order valence-electron chi connectivity index (χ3n) is 3.22. The highest BCUT2D eigenvalue weighted by Gasteiger charge is 2.37. The summed E-state index contributed by atoms with van der Waals surface area (Å²) < 4.78 is 6.59. The molecule has 0 spiro atoms. The van der Waals surface area contributed by atoms with Crippen LogP contribution in [0.5, 0.6) is 0 Å². The van der Waals surface area contributed by atoms with Gasteiger partial charge in [-0.1, -0.05) is 0 Å². The van der Waals surface area contributed by atoms with Crippen LogP contribution in [0.25, 0.3) is 0 Å². The first-order chi connectivity index (χ1) is 7.34. The van der Waals surface area contributed by atoms with Gasteiger partial charge in [0.1, 0.15) is 5.82 Å². The van der Waals surface area contributed by atoms with E-state index in [2.05, 4.69) is 37.9 Å². The van der Waals surface area contributed by atoms with Crippen molar-refractivity contribution >= 4 is 21.7 Å². The van der Waals surface area contributed by atoms with E-state index in [4.69, 9.17) is 4.74 Å². The van der Waals surface area contributed by atoms with Crippen LogP contribution in [0.4, 0.5) is 5.82 Å². The highest BCUT2D eigenvalue weighted by atomic mass is 79.9. The zero-order valence-electron chi connectivity index (χ0n) is 8.40. The molecule has 0 aromatic carbocycles. The van der Waals surface area contributed by atoms with E-state index in [1.807, 2.05) is 6.20 Å². The minimum Gasteiger partial charge on any atom is -0.377 e. The van der Waals surface area contributed by atoms with Gasteiger partial charge >= 0.3 is 0 Å². The van der Waals surface area contributed by atoms with Gasteiger partial charge in [0.15, 0.2) is 0 Å². The van der Waals surface area contributed by atoms with Gasteiger partial charge in [0.25, 0.3) is 0 Å². The Balaban J connectivity index is 1.90. The van der Waals surface area contributed by atoms with Crippen molar-refractivity contribution in [3.8, 4) is 0 Å². The number of ether oxygens (including phenoxy) is 1. The Labute approximate surface area is 97.6 Å². The molecule has 2 bridgehead atoms. The molecule has 1 aromatic heterocycles. The largest absolute Gasteiger partial charge is 0.377 e. The second-order valence-corrected chi connectivity index (χ2v) is 5.08. The van der Waals surface area contributed by atoms with Gasteiger partial charge in [0.2, 0.25) is 0 Å². The van der Waals surface area contributed by atoms with Crippen molar-refractivity contribution in [2.24, 2.45) is 0 Å². The number of aromatic nitrogens is 1. The topological polar surface area (TPSA) is 25.4 Å². The molecule has 2 aliphatic rings. The predicted molar refractivity (Wildman–Crippen MR) is 62.0 cm³/mol. The lowest BCUT2D eigenvalue weighted by Crippen LogP contribution is -2.46. The van der Waals surface area contributed by atoms with E-state index in [0.29, 0.717) is 12.1 Å². The summed E-state index contributed by atoms with van der Waals surface area (Å²) in [7, 11) is 0. The van der Waals surface area contributed by atoms with Gasteiger partial charge in [0.05, 0.1) is 25.3 Å². The molecule has 3 rings (SSSR count). The number of pyridine rings is 1. The molecule has 0 N–H and O–H groups in total. The van der Waals surface area contributed by atoms with Crippen molar-refractivity contribution in [3.05, 3.63) is 22.8 Å². The summed E-state index contributed by atoms with van der Waals surface area (Å²) in [4.78, 5) is 6.89. The van der Waals surface area contributed by atoms with Crippen molar-refractivity contribution in [1.82, 2.24) is 4.98 Å². The number of nitrogens with zero attached hydrogens (tertiary/aromatic N) is 2. The number of halogens is 1. The van der Waals surface area contributed by atoms with Crippen LogP contribution in [0.15, 0.2) is 22.8 Å². The Hall–Kier alpha value is -0.610. The molecule has 4 heteroatoms. The van der Waals surface area contributed by atoms with Gasteiger partial charge in [-0.05, 0) is 40.9 Å². The molecule has 0 amide bonds. The normalized spacial score (nSPS) is 29.5. The second-order valence-electron chi connectivity index (χ2n) is 4.16. The first kappa shape index (κ1) is 9.60. The highest BCUT2D eigenvalue weighted by Crippen LogP contribution is 2.32. The maximum absolute atomic E-state index is 5.55. The Bertz CT molecular complexity index is 338. The van der Waals surface area contributed by atoms with E-state index in [-0.39, 0.29) is 0 Å². The SMILES string of the molecule is Brc1ccc(N2C3CCC2COC3)nc1. The van der Waals surface area contributed by atoms with Gasteiger partial charge in [-0.15, -0.1) is 0 Å². The van der Waals surface area contributed by atoms with Crippen molar-refractivity contribution in [2.75, 3.05) is 18.1 Å². The Kier molecular flexibility index (Phi) is 2.41. The van der Waals surface area contributed by atoms with Gasteiger partial charge in [0, 0.05) is 10.7 Å². The zero-order chi connectivity index (χ0) is 10.3. The summed E-state index contributed by atoms with van der Waals surface area (Å²) in [6, 6.07) is 5.22. The fraction of sp³-hybridized carbons (Fsp3) is 0.545. The summed E-state index contributed by atoms with van der Waals surface area (Å²) in [5.74, 6) is 1.09. The third kappa shape index (κ3) is 1.66. The predicted octanol–water partition coefficient (Wildman–Crippen LogP) is 2.21. The molecule has 0 saturated carbocycles. The summed E-state index contributed by atoms with van der Waals surface area (Å²) in [5, 5.41) is 0. The number of rotatable bonds is 1. The molecule has 2 unspecified atom stereocenters. The zero-order valence-corrected chi connectivity index (χ0v) is 9.98. The number of anilines is 1. The lowest BCUT2D eigenvalue weighted by atomic mass is 10.2. The first-order valence-corrected chi connectivity index (χ1v) is 6.11. The Morgan fingerprint density at radius 1 is 1.27 bits per heavy atom. The number of hydrogen-bond acceptors (Lipinski definition) is 3. The number of fused-ring (bicyclic) bond motifs is 2. The number of hydrogen-bond donors (Lipinski definition) is 0. The summed E-state index contributed by atoms with van der Waals surface area (Å²) in [6.45, 7) is 1.71. The Morgan fingerprint density at radius 2 is 2.00 bits per heavy atom. The standard InChI is InChI=1S/C11H13BrN2O/c12-8-1-4-11(13-5-8)14-9-2-3-10(14)7-15-6-9/h1,4-5,9-10H,2-3,6-7H2. The molecule has 2 atom stereocenters. The average Bonchev–Trinajstić information content (AvgIpc) is 2.51. The van der Waals surface area contributed by atoms with Gasteiger partial charge in [-0.25, -0.2) is 4.98 Å². The van der Waals surface area contributed by atoms with Crippen molar-refractivity contribution in [1.29, 1.82) is 0 Å². The fourth-order valence-electron chi connectivity index (χ4n) is 2.52. The van der Waals surface area contributed by atoms with Crippen LogP contribution in [-0.2, 0) is 4.74 Å². The molecule has 3 nitrogen and oxygen atoms in total. The lowest BCUT2D eigenvalue weighted by Gasteiger charge is -2.35. The molecular weight excluding hydrogens is 256 g/mol. The summed E-state index contributed by atoms with van der Waals surface area (Å²) >= 11 is 3.41. The maximum Gasteiger partial charge on any atom is 0.129 e.